The second kappa shape index (κ2) is 7.67. The molecule has 0 aliphatic rings. The van der Waals surface area contributed by atoms with Crippen LogP contribution < -0.4 is 5.32 Å². The zero-order valence-corrected chi connectivity index (χ0v) is 15.5. The lowest BCUT2D eigenvalue weighted by atomic mass is 10.1. The maximum Gasteiger partial charge on any atom is 0.251 e. The van der Waals surface area contributed by atoms with Crippen LogP contribution in [0.5, 0.6) is 0 Å². The van der Waals surface area contributed by atoms with Gasteiger partial charge in [-0.1, -0.05) is 42.1 Å². The Morgan fingerprint density at radius 1 is 1.22 bits per heavy atom. The Balaban J connectivity index is 1.38. The average Bonchev–Trinajstić information content (AvgIpc) is 3.36. The van der Waals surface area contributed by atoms with Crippen molar-refractivity contribution < 1.29 is 9.21 Å². The molecule has 0 bridgehead atoms. The summed E-state index contributed by atoms with van der Waals surface area (Å²) < 4.78 is 5.82. The van der Waals surface area contributed by atoms with Gasteiger partial charge in [-0.05, 0) is 36.8 Å². The van der Waals surface area contributed by atoms with E-state index < -0.39 is 0 Å². The number of rotatable bonds is 6. The van der Waals surface area contributed by atoms with Gasteiger partial charge in [0.25, 0.3) is 5.91 Å². The van der Waals surface area contributed by atoms with Gasteiger partial charge in [0.1, 0.15) is 17.7 Å². The maximum absolute atomic E-state index is 12.5. The van der Waals surface area contributed by atoms with Gasteiger partial charge in [-0.3, -0.25) is 9.89 Å². The maximum atomic E-state index is 12.5. The van der Waals surface area contributed by atoms with Gasteiger partial charge in [-0.25, -0.2) is 4.98 Å². The highest BCUT2D eigenvalue weighted by molar-refractivity contribution is 7.98. The number of nitrogens with zero attached hydrogens (tertiary/aromatic N) is 2. The van der Waals surface area contributed by atoms with Crippen molar-refractivity contribution in [1.29, 1.82) is 0 Å². The first kappa shape index (κ1) is 17.4. The number of aromatic nitrogens is 3. The molecule has 0 saturated carbocycles. The molecule has 1 atom stereocenters. The standard InChI is InChI=1S/C20H18N4O2S/c1-13(18-10-16-4-2-3-5-17(16)26-18)23-19(25)15-8-6-14(7-9-15)11-27-20-21-12-22-24-20/h2-10,12-13H,11H2,1H3,(H,23,25)(H,21,22,24). The third kappa shape index (κ3) is 4.03. The Morgan fingerprint density at radius 2 is 2.04 bits per heavy atom. The van der Waals surface area contributed by atoms with E-state index in [1.165, 1.54) is 6.33 Å². The van der Waals surface area contributed by atoms with E-state index in [1.54, 1.807) is 11.8 Å². The lowest BCUT2D eigenvalue weighted by Crippen LogP contribution is -2.26. The van der Waals surface area contributed by atoms with Gasteiger partial charge in [0.2, 0.25) is 0 Å². The highest BCUT2D eigenvalue weighted by atomic mass is 32.2. The molecule has 0 spiro atoms. The zero-order chi connectivity index (χ0) is 18.6. The minimum absolute atomic E-state index is 0.127. The molecule has 7 heteroatoms. The molecule has 0 aliphatic heterocycles. The van der Waals surface area contributed by atoms with Crippen molar-refractivity contribution in [3.63, 3.8) is 0 Å². The van der Waals surface area contributed by atoms with Gasteiger partial charge in [0.05, 0.1) is 6.04 Å². The molecular weight excluding hydrogens is 360 g/mol. The number of para-hydroxylation sites is 1. The van der Waals surface area contributed by atoms with E-state index in [0.717, 1.165) is 33.2 Å². The fourth-order valence-corrected chi connectivity index (χ4v) is 3.47. The Hall–Kier alpha value is -3.06. The number of aromatic amines is 1. The van der Waals surface area contributed by atoms with Gasteiger partial charge in [0, 0.05) is 16.7 Å². The smallest absolute Gasteiger partial charge is 0.251 e. The Bertz CT molecular complexity index is 1010. The van der Waals surface area contributed by atoms with Gasteiger partial charge in [-0.2, -0.15) is 5.10 Å². The first-order valence-electron chi connectivity index (χ1n) is 8.55. The summed E-state index contributed by atoms with van der Waals surface area (Å²) in [4.78, 5) is 16.6. The Labute approximate surface area is 160 Å². The van der Waals surface area contributed by atoms with Crippen molar-refractivity contribution in [1.82, 2.24) is 20.5 Å². The third-order valence-corrected chi connectivity index (χ3v) is 5.15. The minimum atomic E-state index is -0.216. The molecule has 4 rings (SSSR count). The number of amides is 1. The molecule has 6 nitrogen and oxygen atoms in total. The molecule has 136 valence electrons. The summed E-state index contributed by atoms with van der Waals surface area (Å²) in [6.45, 7) is 1.91. The quantitative estimate of drug-likeness (QED) is 0.488. The van der Waals surface area contributed by atoms with Crippen molar-refractivity contribution in [2.75, 3.05) is 0 Å². The fraction of sp³-hybridized carbons (Fsp3) is 0.150. The molecule has 2 aromatic heterocycles. The van der Waals surface area contributed by atoms with Gasteiger partial charge in [-0.15, -0.1) is 0 Å². The summed E-state index contributed by atoms with van der Waals surface area (Å²) in [5.41, 5.74) is 2.55. The molecule has 27 heavy (non-hydrogen) atoms. The van der Waals surface area contributed by atoms with Crippen LogP contribution in [0.15, 0.2) is 70.5 Å². The molecule has 0 saturated heterocycles. The molecule has 4 aromatic rings. The predicted octanol–water partition coefficient (Wildman–Crippen LogP) is 4.33. The van der Waals surface area contributed by atoms with Crippen molar-refractivity contribution in [3.05, 3.63) is 77.8 Å². The molecule has 2 heterocycles. The van der Waals surface area contributed by atoms with E-state index in [-0.39, 0.29) is 11.9 Å². The van der Waals surface area contributed by atoms with Crippen LogP contribution in [-0.2, 0) is 5.75 Å². The van der Waals surface area contributed by atoms with Crippen molar-refractivity contribution >= 4 is 28.6 Å². The summed E-state index contributed by atoms with van der Waals surface area (Å²) >= 11 is 1.56. The molecule has 1 unspecified atom stereocenters. The molecule has 1 amide bonds. The van der Waals surface area contributed by atoms with Crippen molar-refractivity contribution in [2.45, 2.75) is 23.9 Å². The molecular formula is C20H18N4O2S. The summed E-state index contributed by atoms with van der Waals surface area (Å²) in [5, 5.41) is 11.4. The summed E-state index contributed by atoms with van der Waals surface area (Å²) in [7, 11) is 0. The van der Waals surface area contributed by atoms with Crippen LogP contribution >= 0.6 is 11.8 Å². The third-order valence-electron chi connectivity index (χ3n) is 4.20. The van der Waals surface area contributed by atoms with E-state index in [1.807, 2.05) is 61.5 Å². The fourth-order valence-electron chi connectivity index (χ4n) is 2.73. The first-order valence-corrected chi connectivity index (χ1v) is 9.54. The minimum Gasteiger partial charge on any atom is -0.459 e. The molecule has 0 aliphatic carbocycles. The molecule has 2 N–H and O–H groups in total. The summed E-state index contributed by atoms with van der Waals surface area (Å²) in [5.74, 6) is 1.37. The molecule has 0 radical (unpaired) electrons. The Morgan fingerprint density at radius 3 is 2.78 bits per heavy atom. The first-order chi connectivity index (χ1) is 13.2. The van der Waals surface area contributed by atoms with Crippen LogP contribution in [0.3, 0.4) is 0 Å². The van der Waals surface area contributed by atoms with E-state index >= 15 is 0 Å². The number of nitrogens with one attached hydrogen (secondary N) is 2. The molecule has 0 fully saturated rings. The number of hydrogen-bond donors (Lipinski definition) is 2. The monoisotopic (exact) mass is 378 g/mol. The van der Waals surface area contributed by atoms with Crippen LogP contribution in [0, 0.1) is 0 Å². The lowest BCUT2D eigenvalue weighted by molar-refractivity contribution is 0.0935. The van der Waals surface area contributed by atoms with E-state index in [0.29, 0.717) is 5.56 Å². The summed E-state index contributed by atoms with van der Waals surface area (Å²) in [6.07, 6.45) is 1.49. The largest absolute Gasteiger partial charge is 0.459 e. The topological polar surface area (TPSA) is 83.8 Å². The Kier molecular flexibility index (Phi) is 4.93. The van der Waals surface area contributed by atoms with Gasteiger partial charge in [0.15, 0.2) is 5.16 Å². The molecule has 2 aromatic carbocycles. The summed E-state index contributed by atoms with van der Waals surface area (Å²) in [6, 6.07) is 17.1. The van der Waals surface area contributed by atoms with Crippen molar-refractivity contribution in [2.24, 2.45) is 0 Å². The van der Waals surface area contributed by atoms with Crippen LogP contribution in [0.2, 0.25) is 0 Å². The number of fused-ring (bicyclic) bond motifs is 1. The second-order valence-electron chi connectivity index (χ2n) is 6.16. The number of hydrogen-bond acceptors (Lipinski definition) is 5. The predicted molar refractivity (Wildman–Crippen MR) is 104 cm³/mol. The van der Waals surface area contributed by atoms with Crippen molar-refractivity contribution in [3.8, 4) is 0 Å². The van der Waals surface area contributed by atoms with Gasteiger partial charge < -0.3 is 9.73 Å². The highest BCUT2D eigenvalue weighted by Gasteiger charge is 2.15. The van der Waals surface area contributed by atoms with E-state index in [4.69, 9.17) is 4.42 Å². The SMILES string of the molecule is CC(NC(=O)c1ccc(CSc2ncn[nH]2)cc1)c1cc2ccccc2o1. The van der Waals surface area contributed by atoms with E-state index in [9.17, 15) is 4.79 Å². The van der Waals surface area contributed by atoms with E-state index in [2.05, 4.69) is 20.5 Å². The number of furan rings is 1. The zero-order valence-electron chi connectivity index (χ0n) is 14.7. The van der Waals surface area contributed by atoms with Crippen LogP contribution in [0.4, 0.5) is 0 Å². The highest BCUT2D eigenvalue weighted by Crippen LogP contribution is 2.24. The normalized spacial score (nSPS) is 12.2. The average molecular weight is 378 g/mol. The number of carbonyl (C=O) groups excluding carboxylic acids is 1. The van der Waals surface area contributed by atoms with Crippen LogP contribution in [0.25, 0.3) is 11.0 Å². The number of thioether (sulfide) groups is 1. The second-order valence-corrected chi connectivity index (χ2v) is 7.12. The number of carbonyl (C=O) groups is 1. The number of H-pyrrole nitrogens is 1. The van der Waals surface area contributed by atoms with Gasteiger partial charge >= 0.3 is 0 Å². The lowest BCUT2D eigenvalue weighted by Gasteiger charge is -2.11. The number of benzene rings is 2. The van der Waals surface area contributed by atoms with Crippen LogP contribution in [-0.4, -0.2) is 21.1 Å². The van der Waals surface area contributed by atoms with Crippen LogP contribution in [0.1, 0.15) is 34.6 Å².